The Morgan fingerprint density at radius 2 is 2.05 bits per heavy atom. The lowest BCUT2D eigenvalue weighted by Crippen LogP contribution is -2.07. The van der Waals surface area contributed by atoms with Gasteiger partial charge in [-0.05, 0) is 37.6 Å². The maximum atomic E-state index is 13.7. The minimum Gasteiger partial charge on any atom is -0.491 e. The Morgan fingerprint density at radius 3 is 2.70 bits per heavy atom. The van der Waals surface area contributed by atoms with Crippen LogP contribution in [-0.2, 0) is 0 Å². The zero-order valence-electron chi connectivity index (χ0n) is 11.4. The number of rotatable bonds is 5. The molecule has 1 heterocycles. The van der Waals surface area contributed by atoms with E-state index in [2.05, 4.69) is 10.3 Å². The third kappa shape index (κ3) is 3.44. The Morgan fingerprint density at radius 1 is 1.25 bits per heavy atom. The van der Waals surface area contributed by atoms with Crippen molar-refractivity contribution in [1.82, 2.24) is 4.98 Å². The molecular weight excluding hydrogens is 262 g/mol. The van der Waals surface area contributed by atoms with Crippen LogP contribution in [0.25, 0.3) is 0 Å². The molecule has 1 atom stereocenters. The molecule has 0 amide bonds. The number of hydrogen-bond acceptors (Lipinski definition) is 3. The van der Waals surface area contributed by atoms with E-state index in [9.17, 15) is 8.78 Å². The van der Waals surface area contributed by atoms with Crippen molar-refractivity contribution < 1.29 is 13.5 Å². The van der Waals surface area contributed by atoms with Gasteiger partial charge in [0, 0.05) is 18.0 Å². The molecule has 0 bridgehead atoms. The predicted molar refractivity (Wildman–Crippen MR) is 73.8 cm³/mol. The first kappa shape index (κ1) is 14.2. The topological polar surface area (TPSA) is 34.1 Å². The molecule has 1 N–H and O–H groups in total. The van der Waals surface area contributed by atoms with E-state index in [-0.39, 0.29) is 11.8 Å². The van der Waals surface area contributed by atoms with Crippen LogP contribution in [0.3, 0.4) is 0 Å². The van der Waals surface area contributed by atoms with Gasteiger partial charge in [0.15, 0.2) is 11.6 Å². The van der Waals surface area contributed by atoms with Crippen molar-refractivity contribution in [3.05, 3.63) is 53.9 Å². The molecule has 1 aromatic carbocycles. The zero-order valence-corrected chi connectivity index (χ0v) is 11.4. The molecule has 0 aliphatic heterocycles. The van der Waals surface area contributed by atoms with Crippen LogP contribution < -0.4 is 10.1 Å². The summed E-state index contributed by atoms with van der Waals surface area (Å²) in [5, 5.41) is 3.09. The van der Waals surface area contributed by atoms with Gasteiger partial charge in [0.25, 0.3) is 0 Å². The lowest BCUT2D eigenvalue weighted by Gasteiger charge is -2.16. The molecule has 20 heavy (non-hydrogen) atoms. The molecular formula is C15H16F2N2O. The largest absolute Gasteiger partial charge is 0.491 e. The first-order valence-corrected chi connectivity index (χ1v) is 6.39. The van der Waals surface area contributed by atoms with E-state index in [0.29, 0.717) is 17.9 Å². The van der Waals surface area contributed by atoms with Crippen LogP contribution >= 0.6 is 0 Å². The number of hydrogen-bond donors (Lipinski definition) is 1. The highest BCUT2D eigenvalue weighted by Gasteiger charge is 2.09. The maximum Gasteiger partial charge on any atom is 0.167 e. The Labute approximate surface area is 116 Å². The minimum absolute atomic E-state index is 0.185. The molecule has 1 aromatic heterocycles. The zero-order chi connectivity index (χ0) is 14.5. The van der Waals surface area contributed by atoms with Gasteiger partial charge in [-0.3, -0.25) is 4.98 Å². The van der Waals surface area contributed by atoms with Crippen LogP contribution in [-0.4, -0.2) is 11.6 Å². The maximum absolute atomic E-state index is 13.7. The molecule has 0 fully saturated rings. The van der Waals surface area contributed by atoms with E-state index >= 15 is 0 Å². The quantitative estimate of drug-likeness (QED) is 0.899. The highest BCUT2D eigenvalue weighted by atomic mass is 19.1. The molecule has 0 aliphatic rings. The molecule has 2 rings (SSSR count). The summed E-state index contributed by atoms with van der Waals surface area (Å²) in [7, 11) is 0. The highest BCUT2D eigenvalue weighted by Crippen LogP contribution is 2.24. The third-order valence-corrected chi connectivity index (χ3v) is 2.84. The van der Waals surface area contributed by atoms with Crippen LogP contribution in [0.1, 0.15) is 25.5 Å². The summed E-state index contributed by atoms with van der Waals surface area (Å²) >= 11 is 0. The van der Waals surface area contributed by atoms with Gasteiger partial charge in [-0.2, -0.15) is 0 Å². The number of ether oxygens (including phenoxy) is 1. The van der Waals surface area contributed by atoms with Gasteiger partial charge in [-0.15, -0.1) is 0 Å². The summed E-state index contributed by atoms with van der Waals surface area (Å²) in [5.74, 6) is -0.603. The van der Waals surface area contributed by atoms with E-state index in [1.807, 2.05) is 6.92 Å². The summed E-state index contributed by atoms with van der Waals surface area (Å²) in [6.45, 7) is 4.06. The highest BCUT2D eigenvalue weighted by molar-refractivity contribution is 5.48. The molecule has 2 aromatic rings. The molecule has 0 saturated heterocycles. The van der Waals surface area contributed by atoms with Gasteiger partial charge in [-0.1, -0.05) is 0 Å². The van der Waals surface area contributed by atoms with Gasteiger partial charge < -0.3 is 10.1 Å². The van der Waals surface area contributed by atoms with E-state index in [1.165, 1.54) is 12.1 Å². The Balaban J connectivity index is 2.11. The molecule has 0 aliphatic carbocycles. The SMILES string of the molecule is CCOc1ccc(NC(C)c2cncc(F)c2)cc1F. The second kappa shape index (κ2) is 6.32. The monoisotopic (exact) mass is 278 g/mol. The fourth-order valence-corrected chi connectivity index (χ4v) is 1.86. The summed E-state index contributed by atoms with van der Waals surface area (Å²) in [5.41, 5.74) is 1.29. The first-order valence-electron chi connectivity index (χ1n) is 6.39. The van der Waals surface area contributed by atoms with Crippen molar-refractivity contribution in [2.24, 2.45) is 0 Å². The van der Waals surface area contributed by atoms with Gasteiger partial charge in [0.2, 0.25) is 0 Å². The molecule has 5 heteroatoms. The average Bonchev–Trinajstić information content (AvgIpc) is 2.42. The second-order valence-electron chi connectivity index (χ2n) is 4.38. The Kier molecular flexibility index (Phi) is 4.50. The Bertz CT molecular complexity index is 590. The van der Waals surface area contributed by atoms with Crippen molar-refractivity contribution in [2.45, 2.75) is 19.9 Å². The third-order valence-electron chi connectivity index (χ3n) is 2.84. The first-order chi connectivity index (χ1) is 9.60. The Hall–Kier alpha value is -2.17. The van der Waals surface area contributed by atoms with Crippen LogP contribution in [0.2, 0.25) is 0 Å². The smallest absolute Gasteiger partial charge is 0.167 e. The predicted octanol–water partition coefficient (Wildman–Crippen LogP) is 3.93. The van der Waals surface area contributed by atoms with Crippen molar-refractivity contribution in [3.8, 4) is 5.75 Å². The molecule has 106 valence electrons. The molecule has 1 unspecified atom stereocenters. The average molecular weight is 278 g/mol. The van der Waals surface area contributed by atoms with Crippen LogP contribution in [0.15, 0.2) is 36.7 Å². The fraction of sp³-hybridized carbons (Fsp3) is 0.267. The van der Waals surface area contributed by atoms with Crippen LogP contribution in [0.4, 0.5) is 14.5 Å². The number of pyridine rings is 1. The van der Waals surface area contributed by atoms with Crippen molar-refractivity contribution in [2.75, 3.05) is 11.9 Å². The van der Waals surface area contributed by atoms with Gasteiger partial charge in [0.05, 0.1) is 18.8 Å². The van der Waals surface area contributed by atoms with Gasteiger partial charge in [-0.25, -0.2) is 8.78 Å². The lowest BCUT2D eigenvalue weighted by molar-refractivity contribution is 0.321. The van der Waals surface area contributed by atoms with Crippen molar-refractivity contribution >= 4 is 5.69 Å². The van der Waals surface area contributed by atoms with Crippen LogP contribution in [0.5, 0.6) is 5.75 Å². The molecule has 0 radical (unpaired) electrons. The number of aromatic nitrogens is 1. The molecule has 3 nitrogen and oxygen atoms in total. The number of nitrogens with zero attached hydrogens (tertiary/aromatic N) is 1. The summed E-state index contributed by atoms with van der Waals surface area (Å²) < 4.78 is 32.0. The second-order valence-corrected chi connectivity index (χ2v) is 4.38. The lowest BCUT2D eigenvalue weighted by atomic mass is 10.1. The van der Waals surface area contributed by atoms with E-state index in [1.54, 1.807) is 25.3 Å². The number of benzene rings is 1. The summed E-state index contributed by atoms with van der Waals surface area (Å²) in [4.78, 5) is 3.79. The van der Waals surface area contributed by atoms with E-state index in [4.69, 9.17) is 4.74 Å². The standard InChI is InChI=1S/C15H16F2N2O/c1-3-20-15-5-4-13(7-14(15)17)19-10(2)11-6-12(16)9-18-8-11/h4-10,19H,3H2,1-2H3. The van der Waals surface area contributed by atoms with E-state index < -0.39 is 11.6 Å². The normalized spacial score (nSPS) is 12.0. The fourth-order valence-electron chi connectivity index (χ4n) is 1.86. The van der Waals surface area contributed by atoms with Crippen LogP contribution in [0, 0.1) is 11.6 Å². The number of anilines is 1. The van der Waals surface area contributed by atoms with Crippen molar-refractivity contribution in [3.63, 3.8) is 0 Å². The number of halogens is 2. The summed E-state index contributed by atoms with van der Waals surface area (Å²) in [6.07, 6.45) is 2.72. The number of nitrogens with one attached hydrogen (secondary N) is 1. The van der Waals surface area contributed by atoms with Gasteiger partial charge >= 0.3 is 0 Å². The van der Waals surface area contributed by atoms with Gasteiger partial charge in [0.1, 0.15) is 5.82 Å². The van der Waals surface area contributed by atoms with Crippen molar-refractivity contribution in [1.29, 1.82) is 0 Å². The minimum atomic E-state index is -0.429. The molecule has 0 spiro atoms. The van der Waals surface area contributed by atoms with E-state index in [0.717, 1.165) is 6.20 Å². The summed E-state index contributed by atoms with van der Waals surface area (Å²) in [6, 6.07) is 5.86. The molecule has 0 saturated carbocycles.